The van der Waals surface area contributed by atoms with Crippen LogP contribution >= 0.6 is 11.8 Å². The van der Waals surface area contributed by atoms with Crippen LogP contribution in [0.2, 0.25) is 0 Å². The Kier molecular flexibility index (Phi) is 2.91. The molecule has 0 unspecified atom stereocenters. The number of rotatable bonds is 1. The van der Waals surface area contributed by atoms with Gasteiger partial charge >= 0.3 is 0 Å². The van der Waals surface area contributed by atoms with Crippen LogP contribution in [0.1, 0.15) is 25.7 Å². The van der Waals surface area contributed by atoms with Gasteiger partial charge in [0.15, 0.2) is 5.17 Å². The average Bonchev–Trinajstić information content (AvgIpc) is 3.10. The number of hydrogen-bond donors (Lipinski definition) is 1. The molecule has 1 aromatic heterocycles. The summed E-state index contributed by atoms with van der Waals surface area (Å²) >= 11 is 1.86. The number of thioether (sulfide) groups is 1. The molecule has 0 atom stereocenters. The lowest BCUT2D eigenvalue weighted by molar-refractivity contribution is 0.508. The maximum absolute atomic E-state index is 4.97. The van der Waals surface area contributed by atoms with E-state index >= 15 is 0 Å². The van der Waals surface area contributed by atoms with Gasteiger partial charge in [-0.25, -0.2) is 0 Å². The summed E-state index contributed by atoms with van der Waals surface area (Å²) in [5, 5.41) is 5.74. The van der Waals surface area contributed by atoms with E-state index in [4.69, 9.17) is 4.99 Å². The molecular formula is C16H17N3S. The van der Waals surface area contributed by atoms with E-state index in [-0.39, 0.29) is 5.54 Å². The van der Waals surface area contributed by atoms with Gasteiger partial charge < -0.3 is 5.32 Å². The first-order chi connectivity index (χ1) is 9.85. The maximum Gasteiger partial charge on any atom is 0.161 e. The first-order valence-corrected chi connectivity index (χ1v) is 8.17. The molecule has 1 fully saturated rings. The lowest BCUT2D eigenvalue weighted by Crippen LogP contribution is -2.21. The predicted molar refractivity (Wildman–Crippen MR) is 86.5 cm³/mol. The maximum atomic E-state index is 4.97. The Morgan fingerprint density at radius 1 is 1.10 bits per heavy atom. The summed E-state index contributed by atoms with van der Waals surface area (Å²) in [6.07, 6.45) is 7.00. The van der Waals surface area contributed by atoms with Gasteiger partial charge in [-0.05, 0) is 37.1 Å². The molecule has 0 bridgehead atoms. The van der Waals surface area contributed by atoms with E-state index in [0.29, 0.717) is 0 Å². The fourth-order valence-electron chi connectivity index (χ4n) is 3.16. The normalized spacial score (nSPS) is 20.5. The van der Waals surface area contributed by atoms with E-state index in [1.54, 1.807) is 0 Å². The minimum atomic E-state index is 0.232. The molecule has 0 amide bonds. The van der Waals surface area contributed by atoms with E-state index in [1.807, 2.05) is 36.2 Å². The van der Waals surface area contributed by atoms with Gasteiger partial charge in [-0.2, -0.15) is 0 Å². The standard InChI is InChI=1S/C16H17N3S/c1-2-9-16(8-1)11-20-15(19-16)18-14-7-3-6-13-12(14)5-4-10-17-13/h3-7,10H,1-2,8-9,11H2,(H,18,19). The number of amidine groups is 1. The van der Waals surface area contributed by atoms with E-state index in [0.717, 1.165) is 27.5 Å². The summed E-state index contributed by atoms with van der Waals surface area (Å²) in [5.41, 5.74) is 2.36. The number of fused-ring (bicyclic) bond motifs is 1. The summed E-state index contributed by atoms with van der Waals surface area (Å²) in [6.45, 7) is 0. The van der Waals surface area contributed by atoms with E-state index in [1.165, 1.54) is 25.7 Å². The smallest absolute Gasteiger partial charge is 0.161 e. The highest BCUT2D eigenvalue weighted by Gasteiger charge is 2.38. The van der Waals surface area contributed by atoms with Crippen LogP contribution in [0.15, 0.2) is 41.5 Å². The molecule has 1 aromatic carbocycles. The molecule has 0 saturated heterocycles. The third-order valence-electron chi connectivity index (χ3n) is 4.24. The highest BCUT2D eigenvalue weighted by atomic mass is 32.2. The Balaban J connectivity index is 1.65. The van der Waals surface area contributed by atoms with Crippen LogP contribution in [-0.2, 0) is 0 Å². The van der Waals surface area contributed by atoms with E-state index in [2.05, 4.69) is 22.4 Å². The van der Waals surface area contributed by atoms with Gasteiger partial charge in [0, 0.05) is 23.0 Å². The monoisotopic (exact) mass is 283 g/mol. The molecule has 2 heterocycles. The number of benzene rings is 1. The Morgan fingerprint density at radius 3 is 2.90 bits per heavy atom. The molecule has 20 heavy (non-hydrogen) atoms. The molecule has 2 aliphatic rings. The average molecular weight is 283 g/mol. The summed E-state index contributed by atoms with van der Waals surface area (Å²) in [5.74, 6) is 1.14. The highest BCUT2D eigenvalue weighted by Crippen LogP contribution is 2.41. The number of anilines is 1. The number of pyridine rings is 1. The Morgan fingerprint density at radius 2 is 2.00 bits per heavy atom. The lowest BCUT2D eigenvalue weighted by Gasteiger charge is -2.16. The first-order valence-electron chi connectivity index (χ1n) is 7.18. The fraction of sp³-hybridized carbons (Fsp3) is 0.375. The predicted octanol–water partition coefficient (Wildman–Crippen LogP) is 4.06. The molecule has 0 radical (unpaired) electrons. The summed E-state index contributed by atoms with van der Waals surface area (Å²) in [6, 6.07) is 10.3. The van der Waals surface area contributed by atoms with Crippen molar-refractivity contribution in [2.24, 2.45) is 4.99 Å². The Bertz CT molecular complexity index is 669. The van der Waals surface area contributed by atoms with Crippen LogP contribution in [0.4, 0.5) is 5.69 Å². The molecule has 1 saturated carbocycles. The molecule has 1 aliphatic heterocycles. The van der Waals surface area contributed by atoms with Gasteiger partial charge in [0.05, 0.1) is 11.1 Å². The van der Waals surface area contributed by atoms with Crippen LogP contribution in [0.25, 0.3) is 10.9 Å². The van der Waals surface area contributed by atoms with Crippen molar-refractivity contribution >= 4 is 33.5 Å². The first kappa shape index (κ1) is 12.2. The number of nitrogens with zero attached hydrogens (tertiary/aromatic N) is 2. The second kappa shape index (κ2) is 4.77. The second-order valence-corrected chi connectivity index (χ2v) is 6.60. The van der Waals surface area contributed by atoms with Crippen LogP contribution < -0.4 is 5.32 Å². The zero-order chi connectivity index (χ0) is 13.4. The van der Waals surface area contributed by atoms with Gasteiger partial charge in [0.2, 0.25) is 0 Å². The number of hydrogen-bond acceptors (Lipinski definition) is 4. The molecular weight excluding hydrogens is 266 g/mol. The highest BCUT2D eigenvalue weighted by molar-refractivity contribution is 8.14. The molecule has 1 aliphatic carbocycles. The summed E-state index contributed by atoms with van der Waals surface area (Å²) in [7, 11) is 0. The van der Waals surface area contributed by atoms with Crippen LogP contribution in [0, 0.1) is 0 Å². The summed E-state index contributed by atoms with van der Waals surface area (Å²) in [4.78, 5) is 9.37. The molecule has 4 rings (SSSR count). The zero-order valence-electron chi connectivity index (χ0n) is 11.3. The Labute approximate surface area is 122 Å². The fourth-order valence-corrected chi connectivity index (χ4v) is 4.36. The van der Waals surface area contributed by atoms with Crippen molar-refractivity contribution < 1.29 is 0 Å². The van der Waals surface area contributed by atoms with E-state index < -0.39 is 0 Å². The van der Waals surface area contributed by atoms with Crippen molar-refractivity contribution in [2.45, 2.75) is 31.2 Å². The number of nitrogens with one attached hydrogen (secondary N) is 1. The quantitative estimate of drug-likeness (QED) is 0.857. The van der Waals surface area contributed by atoms with Crippen molar-refractivity contribution in [3.8, 4) is 0 Å². The second-order valence-electron chi connectivity index (χ2n) is 5.64. The van der Waals surface area contributed by atoms with Crippen molar-refractivity contribution in [1.82, 2.24) is 4.98 Å². The minimum absolute atomic E-state index is 0.232. The van der Waals surface area contributed by atoms with E-state index in [9.17, 15) is 0 Å². The number of aromatic nitrogens is 1. The molecule has 1 spiro atoms. The number of aliphatic imine (C=N–C) groups is 1. The van der Waals surface area contributed by atoms with Gasteiger partial charge in [-0.3, -0.25) is 9.98 Å². The largest absolute Gasteiger partial charge is 0.334 e. The lowest BCUT2D eigenvalue weighted by atomic mass is 10.0. The van der Waals surface area contributed by atoms with Gasteiger partial charge in [0.1, 0.15) is 0 Å². The van der Waals surface area contributed by atoms with Crippen LogP contribution in [0.3, 0.4) is 0 Å². The van der Waals surface area contributed by atoms with Crippen molar-refractivity contribution in [3.05, 3.63) is 36.5 Å². The van der Waals surface area contributed by atoms with Crippen molar-refractivity contribution in [2.75, 3.05) is 11.1 Å². The zero-order valence-corrected chi connectivity index (χ0v) is 12.1. The van der Waals surface area contributed by atoms with Gasteiger partial charge in [0.25, 0.3) is 0 Å². The van der Waals surface area contributed by atoms with Crippen LogP contribution in [0.5, 0.6) is 0 Å². The molecule has 1 N–H and O–H groups in total. The van der Waals surface area contributed by atoms with Crippen molar-refractivity contribution in [1.29, 1.82) is 0 Å². The molecule has 3 nitrogen and oxygen atoms in total. The molecule has 4 heteroatoms. The van der Waals surface area contributed by atoms with Crippen molar-refractivity contribution in [3.63, 3.8) is 0 Å². The SMILES string of the molecule is c1cc(NC2=NC3(CCCC3)CS2)c2cccnc2c1. The van der Waals surface area contributed by atoms with Crippen LogP contribution in [-0.4, -0.2) is 21.4 Å². The van der Waals surface area contributed by atoms with Gasteiger partial charge in [-0.15, -0.1) is 0 Å². The topological polar surface area (TPSA) is 37.3 Å². The van der Waals surface area contributed by atoms with Gasteiger partial charge in [-0.1, -0.05) is 30.7 Å². The molecule has 102 valence electrons. The minimum Gasteiger partial charge on any atom is -0.334 e. The third kappa shape index (κ3) is 2.08. The third-order valence-corrected chi connectivity index (χ3v) is 5.39. The molecule has 2 aromatic rings. The Hall–Kier alpha value is -1.55. The summed E-state index contributed by atoms with van der Waals surface area (Å²) < 4.78 is 0.